The van der Waals surface area contributed by atoms with Crippen molar-refractivity contribution in [3.05, 3.63) is 102 Å². The van der Waals surface area contributed by atoms with Crippen LogP contribution >= 0.6 is 0 Å². The normalized spacial score (nSPS) is 12.0. The SMILES string of the molecule is Oc1ccc(C(COCc2ccccc2)OCc2ccccc2)cc1. The van der Waals surface area contributed by atoms with Gasteiger partial charge in [-0.25, -0.2) is 0 Å². The minimum atomic E-state index is -0.190. The van der Waals surface area contributed by atoms with E-state index in [0.717, 1.165) is 16.7 Å². The molecule has 0 bridgehead atoms. The van der Waals surface area contributed by atoms with Crippen LogP contribution in [0, 0.1) is 0 Å². The molecule has 25 heavy (non-hydrogen) atoms. The zero-order valence-electron chi connectivity index (χ0n) is 14.0. The predicted octanol–water partition coefficient (Wildman–Crippen LogP) is 4.87. The fraction of sp³-hybridized carbons (Fsp3) is 0.182. The summed E-state index contributed by atoms with van der Waals surface area (Å²) >= 11 is 0. The van der Waals surface area contributed by atoms with E-state index in [1.807, 2.05) is 72.8 Å². The van der Waals surface area contributed by atoms with Gasteiger partial charge in [0.2, 0.25) is 0 Å². The molecule has 0 aliphatic rings. The lowest BCUT2D eigenvalue weighted by Gasteiger charge is -2.19. The van der Waals surface area contributed by atoms with Crippen LogP contribution in [0.25, 0.3) is 0 Å². The Morgan fingerprint density at radius 3 is 1.84 bits per heavy atom. The molecule has 1 N–H and O–H groups in total. The maximum atomic E-state index is 9.50. The van der Waals surface area contributed by atoms with E-state index >= 15 is 0 Å². The third-order valence-electron chi connectivity index (χ3n) is 3.94. The van der Waals surface area contributed by atoms with Crippen LogP contribution in [0.15, 0.2) is 84.9 Å². The first-order chi connectivity index (χ1) is 12.3. The molecule has 0 saturated heterocycles. The summed E-state index contributed by atoms with van der Waals surface area (Å²) in [6, 6.07) is 27.2. The molecule has 3 aromatic carbocycles. The fourth-order valence-electron chi connectivity index (χ4n) is 2.56. The molecule has 0 heterocycles. The number of benzene rings is 3. The van der Waals surface area contributed by atoms with Crippen molar-refractivity contribution < 1.29 is 14.6 Å². The van der Waals surface area contributed by atoms with Crippen LogP contribution in [0.5, 0.6) is 5.75 Å². The first-order valence-corrected chi connectivity index (χ1v) is 8.37. The Hall–Kier alpha value is -2.62. The molecule has 0 aliphatic heterocycles. The highest BCUT2D eigenvalue weighted by Crippen LogP contribution is 2.22. The van der Waals surface area contributed by atoms with Crippen LogP contribution in [0.1, 0.15) is 22.8 Å². The fourth-order valence-corrected chi connectivity index (χ4v) is 2.56. The topological polar surface area (TPSA) is 38.7 Å². The lowest BCUT2D eigenvalue weighted by atomic mass is 10.1. The smallest absolute Gasteiger partial charge is 0.115 e. The van der Waals surface area contributed by atoms with Crippen LogP contribution in [0.2, 0.25) is 0 Å². The van der Waals surface area contributed by atoms with Gasteiger partial charge < -0.3 is 14.6 Å². The minimum Gasteiger partial charge on any atom is -0.508 e. The zero-order valence-corrected chi connectivity index (χ0v) is 14.0. The Kier molecular flexibility index (Phi) is 6.21. The van der Waals surface area contributed by atoms with E-state index in [4.69, 9.17) is 9.47 Å². The van der Waals surface area contributed by atoms with Crippen LogP contribution < -0.4 is 0 Å². The van der Waals surface area contributed by atoms with Gasteiger partial charge in [-0.15, -0.1) is 0 Å². The van der Waals surface area contributed by atoms with E-state index in [1.54, 1.807) is 12.1 Å². The van der Waals surface area contributed by atoms with E-state index in [-0.39, 0.29) is 11.9 Å². The van der Waals surface area contributed by atoms with Crippen molar-refractivity contribution >= 4 is 0 Å². The average molecular weight is 334 g/mol. The highest BCUT2D eigenvalue weighted by atomic mass is 16.5. The number of phenols is 1. The Bertz CT molecular complexity index is 739. The summed E-state index contributed by atoms with van der Waals surface area (Å²) in [4.78, 5) is 0. The Morgan fingerprint density at radius 2 is 1.24 bits per heavy atom. The molecule has 0 spiro atoms. The van der Waals surface area contributed by atoms with Gasteiger partial charge in [0, 0.05) is 0 Å². The zero-order chi connectivity index (χ0) is 17.3. The second kappa shape index (κ2) is 9.02. The predicted molar refractivity (Wildman–Crippen MR) is 98.2 cm³/mol. The van der Waals surface area contributed by atoms with Gasteiger partial charge in [-0.1, -0.05) is 72.8 Å². The van der Waals surface area contributed by atoms with Crippen molar-refractivity contribution in [1.29, 1.82) is 0 Å². The van der Waals surface area contributed by atoms with Crippen LogP contribution in [-0.4, -0.2) is 11.7 Å². The molecule has 1 unspecified atom stereocenters. The van der Waals surface area contributed by atoms with E-state index in [0.29, 0.717) is 19.8 Å². The van der Waals surface area contributed by atoms with E-state index in [1.165, 1.54) is 0 Å². The van der Waals surface area contributed by atoms with E-state index in [9.17, 15) is 5.11 Å². The number of hydrogen-bond acceptors (Lipinski definition) is 3. The van der Waals surface area contributed by atoms with Gasteiger partial charge in [-0.05, 0) is 28.8 Å². The molecule has 1 atom stereocenters. The van der Waals surface area contributed by atoms with Crippen molar-refractivity contribution in [1.82, 2.24) is 0 Å². The molecule has 3 nitrogen and oxygen atoms in total. The molecule has 3 rings (SSSR count). The number of hydrogen-bond donors (Lipinski definition) is 1. The summed E-state index contributed by atoms with van der Waals surface area (Å²) < 4.78 is 12.0. The summed E-state index contributed by atoms with van der Waals surface area (Å²) in [7, 11) is 0. The minimum absolute atomic E-state index is 0.190. The third kappa shape index (κ3) is 5.45. The van der Waals surface area contributed by atoms with Crippen molar-refractivity contribution in [3.63, 3.8) is 0 Å². The van der Waals surface area contributed by atoms with Gasteiger partial charge in [-0.2, -0.15) is 0 Å². The van der Waals surface area contributed by atoms with E-state index < -0.39 is 0 Å². The molecule has 0 aliphatic carbocycles. The van der Waals surface area contributed by atoms with Crippen LogP contribution in [0.3, 0.4) is 0 Å². The Morgan fingerprint density at radius 1 is 0.680 bits per heavy atom. The molecule has 0 amide bonds. The number of ether oxygens (including phenoxy) is 2. The summed E-state index contributed by atoms with van der Waals surface area (Å²) in [5.41, 5.74) is 3.24. The largest absolute Gasteiger partial charge is 0.508 e. The van der Waals surface area contributed by atoms with Crippen molar-refractivity contribution in [2.45, 2.75) is 19.3 Å². The first-order valence-electron chi connectivity index (χ1n) is 8.37. The van der Waals surface area contributed by atoms with Gasteiger partial charge in [0.1, 0.15) is 11.9 Å². The Labute approximate surface area is 148 Å². The third-order valence-corrected chi connectivity index (χ3v) is 3.94. The monoisotopic (exact) mass is 334 g/mol. The molecule has 0 radical (unpaired) electrons. The van der Waals surface area contributed by atoms with Gasteiger partial charge in [0.15, 0.2) is 0 Å². The number of aromatic hydroxyl groups is 1. The second-order valence-electron chi connectivity index (χ2n) is 5.88. The van der Waals surface area contributed by atoms with E-state index in [2.05, 4.69) is 0 Å². The summed E-state index contributed by atoms with van der Waals surface area (Å²) in [5, 5.41) is 9.50. The van der Waals surface area contributed by atoms with Gasteiger partial charge in [0.05, 0.1) is 19.8 Å². The lowest BCUT2D eigenvalue weighted by molar-refractivity contribution is -0.0313. The molecule has 0 aromatic heterocycles. The molecule has 128 valence electrons. The van der Waals surface area contributed by atoms with Crippen LogP contribution in [-0.2, 0) is 22.7 Å². The average Bonchev–Trinajstić information content (AvgIpc) is 2.67. The molecule has 0 saturated carbocycles. The molecule has 3 aromatic rings. The summed E-state index contributed by atoms with van der Waals surface area (Å²) in [6.07, 6.45) is -0.190. The molecule has 0 fully saturated rings. The highest BCUT2D eigenvalue weighted by molar-refractivity contribution is 5.27. The lowest BCUT2D eigenvalue weighted by Crippen LogP contribution is -2.12. The Balaban J connectivity index is 1.62. The number of phenolic OH excluding ortho intramolecular Hbond substituents is 1. The second-order valence-corrected chi connectivity index (χ2v) is 5.88. The maximum Gasteiger partial charge on any atom is 0.115 e. The van der Waals surface area contributed by atoms with Gasteiger partial charge in [-0.3, -0.25) is 0 Å². The molecular formula is C22H22O3. The van der Waals surface area contributed by atoms with Crippen molar-refractivity contribution in [2.24, 2.45) is 0 Å². The molecular weight excluding hydrogens is 312 g/mol. The van der Waals surface area contributed by atoms with Crippen molar-refractivity contribution in [2.75, 3.05) is 6.61 Å². The highest BCUT2D eigenvalue weighted by Gasteiger charge is 2.13. The summed E-state index contributed by atoms with van der Waals surface area (Å²) in [5.74, 6) is 0.246. The summed E-state index contributed by atoms with van der Waals surface area (Å²) in [6.45, 7) is 1.51. The van der Waals surface area contributed by atoms with Gasteiger partial charge in [0.25, 0.3) is 0 Å². The molecule has 3 heteroatoms. The maximum absolute atomic E-state index is 9.50. The van der Waals surface area contributed by atoms with Crippen molar-refractivity contribution in [3.8, 4) is 5.75 Å². The standard InChI is InChI=1S/C22H22O3/c23-21-13-11-20(12-14-21)22(25-16-19-9-5-2-6-10-19)17-24-15-18-7-3-1-4-8-18/h1-14,22-23H,15-17H2. The quantitative estimate of drug-likeness (QED) is 0.639. The van der Waals surface area contributed by atoms with Gasteiger partial charge >= 0.3 is 0 Å². The van der Waals surface area contributed by atoms with Crippen LogP contribution in [0.4, 0.5) is 0 Å². The first kappa shape index (κ1) is 17.2. The number of rotatable bonds is 8.